The summed E-state index contributed by atoms with van der Waals surface area (Å²) in [5, 5.41) is 4.09. The molecule has 1 heterocycles. The van der Waals surface area contributed by atoms with Gasteiger partial charge in [-0.05, 0) is 24.5 Å². The van der Waals surface area contributed by atoms with Gasteiger partial charge in [-0.3, -0.25) is 4.79 Å². The SMILES string of the molecule is O=C(C1CCC1)N(Cc1ccccc1)C[C@@H]1CC(c2ccccc2F)=NO1. The number of rotatable bonds is 6. The van der Waals surface area contributed by atoms with E-state index in [4.69, 9.17) is 4.84 Å². The van der Waals surface area contributed by atoms with E-state index < -0.39 is 0 Å². The summed E-state index contributed by atoms with van der Waals surface area (Å²) in [6.45, 7) is 1.02. The number of oxime groups is 1. The van der Waals surface area contributed by atoms with Gasteiger partial charge >= 0.3 is 0 Å². The molecule has 1 fully saturated rings. The Labute approximate surface area is 158 Å². The van der Waals surface area contributed by atoms with E-state index in [1.54, 1.807) is 18.2 Å². The topological polar surface area (TPSA) is 41.9 Å². The smallest absolute Gasteiger partial charge is 0.226 e. The van der Waals surface area contributed by atoms with Crippen LogP contribution in [0.5, 0.6) is 0 Å². The Balaban J connectivity index is 1.44. The predicted molar refractivity (Wildman–Crippen MR) is 102 cm³/mol. The zero-order valence-corrected chi connectivity index (χ0v) is 15.2. The molecule has 1 saturated carbocycles. The third kappa shape index (κ3) is 4.02. The molecular formula is C22H23FN2O2. The van der Waals surface area contributed by atoms with Crippen molar-refractivity contribution in [2.45, 2.75) is 38.3 Å². The largest absolute Gasteiger partial charge is 0.390 e. The first-order valence-corrected chi connectivity index (χ1v) is 9.51. The molecule has 2 aliphatic rings. The van der Waals surface area contributed by atoms with Gasteiger partial charge in [-0.25, -0.2) is 4.39 Å². The highest BCUT2D eigenvalue weighted by molar-refractivity contribution is 6.01. The lowest BCUT2D eigenvalue weighted by Crippen LogP contribution is -2.42. The van der Waals surface area contributed by atoms with Crippen LogP contribution in [0.2, 0.25) is 0 Å². The molecule has 5 heteroatoms. The van der Waals surface area contributed by atoms with Crippen molar-refractivity contribution in [2.75, 3.05) is 6.54 Å². The summed E-state index contributed by atoms with van der Waals surface area (Å²) in [7, 11) is 0. The summed E-state index contributed by atoms with van der Waals surface area (Å²) in [6.07, 6.45) is 3.31. The lowest BCUT2D eigenvalue weighted by molar-refractivity contribution is -0.140. The summed E-state index contributed by atoms with van der Waals surface area (Å²) in [5.74, 6) is 0.0160. The number of nitrogens with zero attached hydrogens (tertiary/aromatic N) is 2. The van der Waals surface area contributed by atoms with Crippen molar-refractivity contribution in [3.8, 4) is 0 Å². The van der Waals surface area contributed by atoms with E-state index in [9.17, 15) is 9.18 Å². The van der Waals surface area contributed by atoms with Gasteiger partial charge in [0.1, 0.15) is 5.82 Å². The molecule has 1 aliphatic heterocycles. The minimum absolute atomic E-state index is 0.127. The summed E-state index contributed by atoms with van der Waals surface area (Å²) in [4.78, 5) is 20.3. The molecule has 4 rings (SSSR count). The normalized spacial score (nSPS) is 19.1. The van der Waals surface area contributed by atoms with E-state index in [1.807, 2.05) is 35.2 Å². The Morgan fingerprint density at radius 1 is 1.11 bits per heavy atom. The maximum atomic E-state index is 14.0. The third-order valence-corrected chi connectivity index (χ3v) is 5.32. The van der Waals surface area contributed by atoms with E-state index in [0.717, 1.165) is 24.8 Å². The molecule has 0 bridgehead atoms. The fourth-order valence-electron chi connectivity index (χ4n) is 3.58. The number of hydrogen-bond donors (Lipinski definition) is 0. The van der Waals surface area contributed by atoms with Gasteiger partial charge in [0.25, 0.3) is 0 Å². The molecule has 0 N–H and O–H groups in total. The van der Waals surface area contributed by atoms with E-state index in [2.05, 4.69) is 5.16 Å². The molecule has 1 aliphatic carbocycles. The summed E-state index contributed by atoms with van der Waals surface area (Å²) < 4.78 is 14.0. The molecular weight excluding hydrogens is 343 g/mol. The van der Waals surface area contributed by atoms with Crippen LogP contribution in [0, 0.1) is 11.7 Å². The van der Waals surface area contributed by atoms with Gasteiger partial charge in [0.15, 0.2) is 6.10 Å². The zero-order chi connectivity index (χ0) is 18.6. The van der Waals surface area contributed by atoms with Crippen LogP contribution >= 0.6 is 0 Å². The Hall–Kier alpha value is -2.69. The lowest BCUT2D eigenvalue weighted by atomic mass is 9.84. The van der Waals surface area contributed by atoms with E-state index in [1.165, 1.54) is 6.07 Å². The van der Waals surface area contributed by atoms with Crippen molar-refractivity contribution < 1.29 is 14.0 Å². The minimum Gasteiger partial charge on any atom is -0.390 e. The maximum Gasteiger partial charge on any atom is 0.226 e. The molecule has 0 spiro atoms. The fraction of sp³-hybridized carbons (Fsp3) is 0.364. The molecule has 140 valence electrons. The van der Waals surface area contributed by atoms with Crippen LogP contribution < -0.4 is 0 Å². The first-order chi connectivity index (χ1) is 13.2. The van der Waals surface area contributed by atoms with Crippen LogP contribution in [-0.4, -0.2) is 29.2 Å². The predicted octanol–water partition coefficient (Wildman–Crippen LogP) is 4.15. The Morgan fingerprint density at radius 3 is 2.56 bits per heavy atom. The maximum absolute atomic E-state index is 14.0. The van der Waals surface area contributed by atoms with Crippen molar-refractivity contribution in [3.05, 3.63) is 71.5 Å². The van der Waals surface area contributed by atoms with Gasteiger partial charge in [0.2, 0.25) is 5.91 Å². The molecule has 2 aromatic carbocycles. The van der Waals surface area contributed by atoms with Crippen LogP contribution in [0.25, 0.3) is 0 Å². The number of carbonyl (C=O) groups is 1. The van der Waals surface area contributed by atoms with E-state index in [-0.39, 0.29) is 23.7 Å². The number of hydrogen-bond acceptors (Lipinski definition) is 3. The minimum atomic E-state index is -0.299. The van der Waals surface area contributed by atoms with E-state index in [0.29, 0.717) is 30.8 Å². The van der Waals surface area contributed by atoms with Gasteiger partial charge in [-0.15, -0.1) is 0 Å². The molecule has 27 heavy (non-hydrogen) atoms. The number of amides is 1. The van der Waals surface area contributed by atoms with Gasteiger partial charge in [0, 0.05) is 24.4 Å². The van der Waals surface area contributed by atoms with Crippen LogP contribution in [0.1, 0.15) is 36.8 Å². The fourth-order valence-corrected chi connectivity index (χ4v) is 3.58. The highest BCUT2D eigenvalue weighted by atomic mass is 19.1. The van der Waals surface area contributed by atoms with Crippen molar-refractivity contribution in [3.63, 3.8) is 0 Å². The Kier molecular flexibility index (Phi) is 5.19. The standard InChI is InChI=1S/C22H23FN2O2/c23-20-12-5-4-11-19(20)21-13-18(27-24-21)15-25(22(26)17-9-6-10-17)14-16-7-2-1-3-8-16/h1-5,7-8,11-12,17-18H,6,9-10,13-15H2/t18-/m0/s1. The van der Waals surface area contributed by atoms with Crippen LogP contribution in [0.3, 0.4) is 0 Å². The van der Waals surface area contributed by atoms with Gasteiger partial charge in [0.05, 0.1) is 12.3 Å². The molecule has 1 atom stereocenters. The molecule has 4 nitrogen and oxygen atoms in total. The molecule has 0 radical (unpaired) electrons. The van der Waals surface area contributed by atoms with Crippen molar-refractivity contribution >= 4 is 11.6 Å². The van der Waals surface area contributed by atoms with Crippen molar-refractivity contribution in [1.82, 2.24) is 4.90 Å². The monoisotopic (exact) mass is 366 g/mol. The second-order valence-corrected chi connectivity index (χ2v) is 7.28. The number of carbonyl (C=O) groups excluding carboxylic acids is 1. The molecule has 2 aromatic rings. The van der Waals surface area contributed by atoms with Crippen molar-refractivity contribution in [1.29, 1.82) is 0 Å². The second kappa shape index (κ2) is 7.91. The molecule has 0 saturated heterocycles. The number of halogens is 1. The zero-order valence-electron chi connectivity index (χ0n) is 15.2. The third-order valence-electron chi connectivity index (χ3n) is 5.32. The summed E-state index contributed by atoms with van der Waals surface area (Å²) >= 11 is 0. The summed E-state index contributed by atoms with van der Waals surface area (Å²) in [5.41, 5.74) is 2.17. The number of benzene rings is 2. The summed E-state index contributed by atoms with van der Waals surface area (Å²) in [6, 6.07) is 16.6. The van der Waals surface area contributed by atoms with Gasteiger partial charge in [-0.2, -0.15) is 0 Å². The Morgan fingerprint density at radius 2 is 1.85 bits per heavy atom. The van der Waals surface area contributed by atoms with E-state index >= 15 is 0 Å². The van der Waals surface area contributed by atoms with Crippen molar-refractivity contribution in [2.24, 2.45) is 11.1 Å². The first kappa shape index (κ1) is 17.7. The lowest BCUT2D eigenvalue weighted by Gasteiger charge is -2.32. The van der Waals surface area contributed by atoms with Crippen LogP contribution in [-0.2, 0) is 16.2 Å². The Bertz CT molecular complexity index is 833. The average molecular weight is 366 g/mol. The van der Waals surface area contributed by atoms with Gasteiger partial charge < -0.3 is 9.74 Å². The average Bonchev–Trinajstić information content (AvgIpc) is 3.09. The van der Waals surface area contributed by atoms with Crippen LogP contribution in [0.4, 0.5) is 4.39 Å². The van der Waals surface area contributed by atoms with Crippen LogP contribution in [0.15, 0.2) is 59.8 Å². The molecule has 0 aromatic heterocycles. The quantitative estimate of drug-likeness (QED) is 0.771. The second-order valence-electron chi connectivity index (χ2n) is 7.28. The molecule has 0 unspecified atom stereocenters. The highest BCUT2D eigenvalue weighted by Crippen LogP contribution is 2.29. The molecule has 1 amide bonds. The highest BCUT2D eigenvalue weighted by Gasteiger charge is 2.33. The van der Waals surface area contributed by atoms with Gasteiger partial charge in [-0.1, -0.05) is 60.1 Å². The first-order valence-electron chi connectivity index (χ1n) is 9.51.